The van der Waals surface area contributed by atoms with E-state index in [2.05, 4.69) is 62.4 Å². The van der Waals surface area contributed by atoms with E-state index < -0.39 is 0 Å². The van der Waals surface area contributed by atoms with Crippen molar-refractivity contribution >= 4 is 15.9 Å². The molecule has 0 saturated heterocycles. The van der Waals surface area contributed by atoms with Crippen LogP contribution in [0, 0.1) is 6.92 Å². The SMILES string of the molecule is CNCc1[nH]c(-c2ccc(C)cc2)nc1Br. The van der Waals surface area contributed by atoms with Gasteiger partial charge in [0.05, 0.1) is 5.69 Å². The van der Waals surface area contributed by atoms with Gasteiger partial charge >= 0.3 is 0 Å². The molecule has 0 spiro atoms. The van der Waals surface area contributed by atoms with Crippen molar-refractivity contribution in [2.24, 2.45) is 0 Å². The van der Waals surface area contributed by atoms with Gasteiger partial charge in [-0.3, -0.25) is 0 Å². The van der Waals surface area contributed by atoms with Crippen LogP contribution in [0.3, 0.4) is 0 Å². The summed E-state index contributed by atoms with van der Waals surface area (Å²) in [6.45, 7) is 2.85. The molecular formula is C12H14BrN3. The summed E-state index contributed by atoms with van der Waals surface area (Å²) >= 11 is 3.45. The Labute approximate surface area is 103 Å². The summed E-state index contributed by atoms with van der Waals surface area (Å²) in [5, 5.41) is 3.10. The molecule has 0 amide bonds. The van der Waals surface area contributed by atoms with Gasteiger partial charge in [-0.05, 0) is 29.9 Å². The molecule has 0 radical (unpaired) electrons. The van der Waals surface area contributed by atoms with Gasteiger partial charge in [0.25, 0.3) is 0 Å². The highest BCUT2D eigenvalue weighted by Gasteiger charge is 2.08. The molecule has 0 aliphatic carbocycles. The number of nitrogens with one attached hydrogen (secondary N) is 2. The highest BCUT2D eigenvalue weighted by Crippen LogP contribution is 2.21. The maximum Gasteiger partial charge on any atom is 0.138 e. The average Bonchev–Trinajstić information content (AvgIpc) is 2.62. The van der Waals surface area contributed by atoms with Crippen molar-refractivity contribution < 1.29 is 0 Å². The van der Waals surface area contributed by atoms with Crippen LogP contribution in [0.15, 0.2) is 28.9 Å². The molecule has 2 rings (SSSR count). The van der Waals surface area contributed by atoms with E-state index in [1.54, 1.807) is 0 Å². The van der Waals surface area contributed by atoms with Crippen molar-refractivity contribution in [3.05, 3.63) is 40.1 Å². The molecule has 3 nitrogen and oxygen atoms in total. The first-order valence-corrected chi connectivity index (χ1v) is 5.96. The molecule has 2 N–H and O–H groups in total. The first kappa shape index (κ1) is 11.4. The molecule has 84 valence electrons. The van der Waals surface area contributed by atoms with Crippen LogP contribution in [0.2, 0.25) is 0 Å². The van der Waals surface area contributed by atoms with E-state index in [4.69, 9.17) is 0 Å². The molecule has 0 saturated carbocycles. The van der Waals surface area contributed by atoms with Gasteiger partial charge < -0.3 is 10.3 Å². The standard InChI is InChI=1S/C12H14BrN3/c1-8-3-5-9(6-4-8)12-15-10(7-14-2)11(13)16-12/h3-6,14H,7H2,1-2H3,(H,15,16). The topological polar surface area (TPSA) is 40.7 Å². The van der Waals surface area contributed by atoms with Gasteiger partial charge in [-0.25, -0.2) is 4.98 Å². The number of nitrogens with zero attached hydrogens (tertiary/aromatic N) is 1. The number of H-pyrrole nitrogens is 1. The third-order valence-corrected chi connectivity index (χ3v) is 3.06. The first-order valence-electron chi connectivity index (χ1n) is 5.16. The highest BCUT2D eigenvalue weighted by molar-refractivity contribution is 9.10. The molecule has 4 heteroatoms. The van der Waals surface area contributed by atoms with E-state index >= 15 is 0 Å². The molecule has 1 heterocycles. The van der Waals surface area contributed by atoms with E-state index in [1.165, 1.54) is 5.56 Å². The van der Waals surface area contributed by atoms with Crippen LogP contribution < -0.4 is 5.32 Å². The number of hydrogen-bond acceptors (Lipinski definition) is 2. The maximum absolute atomic E-state index is 4.45. The van der Waals surface area contributed by atoms with E-state index in [0.29, 0.717) is 0 Å². The number of hydrogen-bond donors (Lipinski definition) is 2. The second-order valence-corrected chi connectivity index (χ2v) is 4.50. The number of benzene rings is 1. The summed E-state index contributed by atoms with van der Waals surface area (Å²) in [7, 11) is 1.92. The molecule has 0 unspecified atom stereocenters. The Morgan fingerprint density at radius 1 is 1.31 bits per heavy atom. The second-order valence-electron chi connectivity index (χ2n) is 3.75. The summed E-state index contributed by atoms with van der Waals surface area (Å²) in [6, 6.07) is 8.32. The van der Waals surface area contributed by atoms with E-state index in [9.17, 15) is 0 Å². The summed E-state index contributed by atoms with van der Waals surface area (Å²) in [6.07, 6.45) is 0. The molecule has 16 heavy (non-hydrogen) atoms. The van der Waals surface area contributed by atoms with E-state index in [0.717, 1.165) is 28.2 Å². The lowest BCUT2D eigenvalue weighted by Gasteiger charge is -1.97. The predicted octanol–water partition coefficient (Wildman–Crippen LogP) is 2.87. The van der Waals surface area contributed by atoms with Crippen LogP contribution >= 0.6 is 15.9 Å². The number of aromatic nitrogens is 2. The fourth-order valence-electron chi connectivity index (χ4n) is 1.53. The molecule has 0 aliphatic heterocycles. The summed E-state index contributed by atoms with van der Waals surface area (Å²) in [5.41, 5.74) is 3.43. The minimum Gasteiger partial charge on any atom is -0.340 e. The number of aryl methyl sites for hydroxylation is 1. The lowest BCUT2D eigenvalue weighted by molar-refractivity contribution is 0.793. The molecular weight excluding hydrogens is 266 g/mol. The lowest BCUT2D eigenvalue weighted by atomic mass is 10.1. The van der Waals surface area contributed by atoms with Crippen molar-refractivity contribution in [3.63, 3.8) is 0 Å². The summed E-state index contributed by atoms with van der Waals surface area (Å²) < 4.78 is 0.873. The van der Waals surface area contributed by atoms with Gasteiger partial charge in [0, 0.05) is 12.1 Å². The fraction of sp³-hybridized carbons (Fsp3) is 0.250. The highest BCUT2D eigenvalue weighted by atomic mass is 79.9. The smallest absolute Gasteiger partial charge is 0.138 e. The summed E-state index contributed by atoms with van der Waals surface area (Å²) in [4.78, 5) is 7.75. The monoisotopic (exact) mass is 279 g/mol. The van der Waals surface area contributed by atoms with Crippen LogP contribution in [0.1, 0.15) is 11.3 Å². The number of imidazole rings is 1. The van der Waals surface area contributed by atoms with Crippen molar-refractivity contribution in [1.29, 1.82) is 0 Å². The van der Waals surface area contributed by atoms with Gasteiger partial charge in [0.15, 0.2) is 0 Å². The maximum atomic E-state index is 4.45. The van der Waals surface area contributed by atoms with Gasteiger partial charge in [0.2, 0.25) is 0 Å². The Morgan fingerprint density at radius 3 is 2.62 bits per heavy atom. The normalized spacial score (nSPS) is 10.7. The van der Waals surface area contributed by atoms with Crippen molar-refractivity contribution in [2.45, 2.75) is 13.5 Å². The van der Waals surface area contributed by atoms with Crippen LogP contribution in [0.5, 0.6) is 0 Å². The third kappa shape index (κ3) is 2.33. The Kier molecular flexibility index (Phi) is 3.41. The molecule has 2 aromatic rings. The predicted molar refractivity (Wildman–Crippen MR) is 69.2 cm³/mol. The van der Waals surface area contributed by atoms with Gasteiger partial charge in [0.1, 0.15) is 10.4 Å². The Bertz CT molecular complexity index is 474. The second kappa shape index (κ2) is 4.80. The van der Waals surface area contributed by atoms with Crippen LogP contribution in [-0.4, -0.2) is 17.0 Å². The minimum atomic E-state index is 0.777. The number of rotatable bonds is 3. The third-order valence-electron chi connectivity index (χ3n) is 2.41. The van der Waals surface area contributed by atoms with Gasteiger partial charge in [-0.1, -0.05) is 29.8 Å². The van der Waals surface area contributed by atoms with Crippen molar-refractivity contribution in [1.82, 2.24) is 15.3 Å². The van der Waals surface area contributed by atoms with Crippen molar-refractivity contribution in [2.75, 3.05) is 7.05 Å². The fourth-order valence-corrected chi connectivity index (χ4v) is 1.95. The first-order chi connectivity index (χ1) is 7.70. The quantitative estimate of drug-likeness (QED) is 0.907. The van der Waals surface area contributed by atoms with Crippen LogP contribution in [-0.2, 0) is 6.54 Å². The molecule has 0 bridgehead atoms. The van der Waals surface area contributed by atoms with Gasteiger partial charge in [-0.2, -0.15) is 0 Å². The number of aromatic amines is 1. The number of halogens is 1. The largest absolute Gasteiger partial charge is 0.340 e. The minimum absolute atomic E-state index is 0.777. The summed E-state index contributed by atoms with van der Waals surface area (Å²) in [5.74, 6) is 0.900. The zero-order valence-corrected chi connectivity index (χ0v) is 10.9. The Hall–Kier alpha value is -1.13. The molecule has 1 aromatic carbocycles. The molecule has 0 fully saturated rings. The van der Waals surface area contributed by atoms with Crippen LogP contribution in [0.4, 0.5) is 0 Å². The Balaban J connectivity index is 2.33. The van der Waals surface area contributed by atoms with Crippen LogP contribution in [0.25, 0.3) is 11.4 Å². The zero-order valence-electron chi connectivity index (χ0n) is 9.34. The van der Waals surface area contributed by atoms with E-state index in [-0.39, 0.29) is 0 Å². The molecule has 1 aromatic heterocycles. The molecule has 0 atom stereocenters. The van der Waals surface area contributed by atoms with Gasteiger partial charge in [-0.15, -0.1) is 0 Å². The lowest BCUT2D eigenvalue weighted by Crippen LogP contribution is -2.05. The molecule has 0 aliphatic rings. The Morgan fingerprint density at radius 2 is 2.00 bits per heavy atom. The van der Waals surface area contributed by atoms with E-state index in [1.807, 2.05) is 7.05 Å². The zero-order chi connectivity index (χ0) is 11.5. The average molecular weight is 280 g/mol. The van der Waals surface area contributed by atoms with Crippen molar-refractivity contribution in [3.8, 4) is 11.4 Å².